The lowest BCUT2D eigenvalue weighted by atomic mass is 10.2. The molecule has 1 aromatic rings. The Morgan fingerprint density at radius 3 is 2.89 bits per heavy atom. The highest BCUT2D eigenvalue weighted by molar-refractivity contribution is 5.92. The van der Waals surface area contributed by atoms with E-state index < -0.39 is 0 Å². The summed E-state index contributed by atoms with van der Waals surface area (Å²) in [7, 11) is 0. The van der Waals surface area contributed by atoms with Crippen LogP contribution in [0.15, 0.2) is 24.3 Å². The minimum atomic E-state index is -0.119. The van der Waals surface area contributed by atoms with Crippen LogP contribution >= 0.6 is 0 Å². The van der Waals surface area contributed by atoms with Crippen molar-refractivity contribution < 1.29 is 9.53 Å². The van der Waals surface area contributed by atoms with Gasteiger partial charge in [-0.05, 0) is 24.0 Å². The van der Waals surface area contributed by atoms with Crippen LogP contribution in [0.25, 0.3) is 0 Å². The number of nitrogens with two attached hydrogens (primary N) is 1. The van der Waals surface area contributed by atoms with Gasteiger partial charge in [0, 0.05) is 18.8 Å². The second kappa shape index (κ2) is 6.52. The molecule has 1 fully saturated rings. The third-order valence-electron chi connectivity index (χ3n) is 3.11. The van der Waals surface area contributed by atoms with E-state index >= 15 is 0 Å². The number of hydrogen-bond donors (Lipinski definition) is 2. The first-order valence-corrected chi connectivity index (χ1v) is 6.45. The lowest BCUT2D eigenvalue weighted by Crippen LogP contribution is -2.20. The second-order valence-electron chi connectivity index (χ2n) is 4.69. The average molecular weight is 248 g/mol. The van der Waals surface area contributed by atoms with E-state index in [2.05, 4.69) is 5.32 Å². The van der Waals surface area contributed by atoms with Crippen molar-refractivity contribution in [3.05, 3.63) is 29.8 Å². The first kappa shape index (κ1) is 13.1. The number of para-hydroxylation sites is 1. The number of ether oxygens (including phenoxy) is 1. The van der Waals surface area contributed by atoms with E-state index in [0.29, 0.717) is 13.2 Å². The van der Waals surface area contributed by atoms with Crippen LogP contribution in [0.5, 0.6) is 0 Å². The molecule has 2 rings (SSSR count). The highest BCUT2D eigenvalue weighted by Gasteiger charge is 2.20. The van der Waals surface area contributed by atoms with Crippen LogP contribution in [0.3, 0.4) is 0 Å². The zero-order chi connectivity index (χ0) is 12.8. The summed E-state index contributed by atoms with van der Waals surface area (Å²) in [5.41, 5.74) is 7.31. The quantitative estimate of drug-likeness (QED) is 0.724. The van der Waals surface area contributed by atoms with Crippen molar-refractivity contribution in [1.29, 1.82) is 0 Å². The molecule has 4 heteroatoms. The van der Waals surface area contributed by atoms with Crippen molar-refractivity contribution in [3.8, 4) is 0 Å². The molecule has 0 aromatic heterocycles. The topological polar surface area (TPSA) is 64.3 Å². The second-order valence-corrected chi connectivity index (χ2v) is 4.69. The molecule has 1 aliphatic rings. The molecular formula is C14H20N2O2. The Bertz CT molecular complexity index is 403. The van der Waals surface area contributed by atoms with Crippen LogP contribution in [0, 0.1) is 5.92 Å². The van der Waals surface area contributed by atoms with Gasteiger partial charge < -0.3 is 15.8 Å². The fraction of sp³-hybridized carbons (Fsp3) is 0.500. The van der Waals surface area contributed by atoms with E-state index in [1.807, 2.05) is 24.3 Å². The maximum absolute atomic E-state index is 11.7. The van der Waals surface area contributed by atoms with Crippen molar-refractivity contribution in [1.82, 2.24) is 0 Å². The van der Waals surface area contributed by atoms with Crippen molar-refractivity contribution in [2.45, 2.75) is 25.8 Å². The van der Waals surface area contributed by atoms with Crippen LogP contribution in [0.2, 0.25) is 0 Å². The molecule has 98 valence electrons. The summed E-state index contributed by atoms with van der Waals surface area (Å²) >= 11 is 0. The standard InChI is InChI=1S/C14H20N2O2/c15-9-12-3-1-2-4-13(12)16-14(17)10-18-8-7-11-5-6-11/h1-4,11H,5-10,15H2,(H,16,17). The van der Waals surface area contributed by atoms with Gasteiger partial charge in [0.2, 0.25) is 5.91 Å². The lowest BCUT2D eigenvalue weighted by Gasteiger charge is -2.09. The molecule has 0 atom stereocenters. The predicted molar refractivity (Wildman–Crippen MR) is 71.1 cm³/mol. The molecule has 18 heavy (non-hydrogen) atoms. The molecule has 0 bridgehead atoms. The summed E-state index contributed by atoms with van der Waals surface area (Å²) in [6, 6.07) is 7.54. The zero-order valence-electron chi connectivity index (χ0n) is 10.5. The number of anilines is 1. The van der Waals surface area contributed by atoms with Gasteiger partial charge in [0.1, 0.15) is 6.61 Å². The third kappa shape index (κ3) is 4.13. The summed E-state index contributed by atoms with van der Waals surface area (Å²) in [5, 5.41) is 2.82. The Kier molecular flexibility index (Phi) is 4.73. The molecule has 3 N–H and O–H groups in total. The van der Waals surface area contributed by atoms with E-state index in [-0.39, 0.29) is 12.5 Å². The maximum Gasteiger partial charge on any atom is 0.250 e. The largest absolute Gasteiger partial charge is 0.372 e. The van der Waals surface area contributed by atoms with E-state index in [0.717, 1.165) is 23.6 Å². The Morgan fingerprint density at radius 2 is 2.17 bits per heavy atom. The normalized spacial score (nSPS) is 14.5. The van der Waals surface area contributed by atoms with Gasteiger partial charge in [-0.1, -0.05) is 31.0 Å². The number of hydrogen-bond acceptors (Lipinski definition) is 3. The van der Waals surface area contributed by atoms with Crippen molar-refractivity contribution in [2.24, 2.45) is 11.7 Å². The minimum absolute atomic E-state index is 0.117. The minimum Gasteiger partial charge on any atom is -0.372 e. The summed E-state index contributed by atoms with van der Waals surface area (Å²) < 4.78 is 5.35. The summed E-state index contributed by atoms with van der Waals surface area (Å²) in [6.45, 7) is 1.21. The van der Waals surface area contributed by atoms with Gasteiger partial charge in [-0.2, -0.15) is 0 Å². The summed E-state index contributed by atoms with van der Waals surface area (Å²) in [6.07, 6.45) is 3.71. The molecular weight excluding hydrogens is 228 g/mol. The van der Waals surface area contributed by atoms with E-state index in [4.69, 9.17) is 10.5 Å². The molecule has 1 aromatic carbocycles. The molecule has 0 spiro atoms. The van der Waals surface area contributed by atoms with Gasteiger partial charge in [-0.25, -0.2) is 0 Å². The van der Waals surface area contributed by atoms with E-state index in [9.17, 15) is 4.79 Å². The summed E-state index contributed by atoms with van der Waals surface area (Å²) in [5.74, 6) is 0.720. The monoisotopic (exact) mass is 248 g/mol. The molecule has 0 radical (unpaired) electrons. The first-order chi connectivity index (χ1) is 8.79. The third-order valence-corrected chi connectivity index (χ3v) is 3.11. The van der Waals surface area contributed by atoms with Gasteiger partial charge >= 0.3 is 0 Å². The summed E-state index contributed by atoms with van der Waals surface area (Å²) in [4.78, 5) is 11.7. The molecule has 1 aliphatic carbocycles. The Hall–Kier alpha value is -1.39. The van der Waals surface area contributed by atoms with Gasteiger partial charge in [0.25, 0.3) is 0 Å². The fourth-order valence-electron chi connectivity index (χ4n) is 1.83. The van der Waals surface area contributed by atoms with Crippen LogP contribution in [-0.4, -0.2) is 19.1 Å². The molecule has 0 saturated heterocycles. The molecule has 0 unspecified atom stereocenters. The van der Waals surface area contributed by atoms with Crippen molar-refractivity contribution >= 4 is 11.6 Å². The lowest BCUT2D eigenvalue weighted by molar-refractivity contribution is -0.120. The smallest absolute Gasteiger partial charge is 0.250 e. The van der Waals surface area contributed by atoms with Crippen molar-refractivity contribution in [2.75, 3.05) is 18.5 Å². The van der Waals surface area contributed by atoms with Crippen LogP contribution in [-0.2, 0) is 16.1 Å². The molecule has 1 saturated carbocycles. The average Bonchev–Trinajstić information content (AvgIpc) is 3.19. The van der Waals surface area contributed by atoms with E-state index in [1.165, 1.54) is 12.8 Å². The van der Waals surface area contributed by atoms with Crippen LogP contribution in [0.4, 0.5) is 5.69 Å². The SMILES string of the molecule is NCc1ccccc1NC(=O)COCCC1CC1. The number of nitrogens with one attached hydrogen (secondary N) is 1. The number of carbonyl (C=O) groups excluding carboxylic acids is 1. The fourth-order valence-corrected chi connectivity index (χ4v) is 1.83. The molecule has 0 aliphatic heterocycles. The molecule has 0 heterocycles. The molecule has 1 amide bonds. The van der Waals surface area contributed by atoms with Gasteiger partial charge in [-0.15, -0.1) is 0 Å². The first-order valence-electron chi connectivity index (χ1n) is 6.45. The number of amides is 1. The Labute approximate surface area is 108 Å². The van der Waals surface area contributed by atoms with E-state index in [1.54, 1.807) is 0 Å². The Balaban J connectivity index is 1.71. The highest BCUT2D eigenvalue weighted by atomic mass is 16.5. The zero-order valence-corrected chi connectivity index (χ0v) is 10.5. The van der Waals surface area contributed by atoms with Gasteiger partial charge in [-0.3, -0.25) is 4.79 Å². The van der Waals surface area contributed by atoms with Crippen LogP contribution in [0.1, 0.15) is 24.8 Å². The van der Waals surface area contributed by atoms with Gasteiger partial charge in [0.15, 0.2) is 0 Å². The number of rotatable bonds is 7. The highest BCUT2D eigenvalue weighted by Crippen LogP contribution is 2.32. The number of carbonyl (C=O) groups is 1. The predicted octanol–water partition coefficient (Wildman–Crippen LogP) is 1.90. The van der Waals surface area contributed by atoms with Crippen molar-refractivity contribution in [3.63, 3.8) is 0 Å². The maximum atomic E-state index is 11.7. The number of benzene rings is 1. The van der Waals surface area contributed by atoms with Gasteiger partial charge in [0.05, 0.1) is 0 Å². The molecule has 4 nitrogen and oxygen atoms in total. The Morgan fingerprint density at radius 1 is 1.39 bits per heavy atom. The van der Waals surface area contributed by atoms with Crippen LogP contribution < -0.4 is 11.1 Å².